The fourth-order valence-corrected chi connectivity index (χ4v) is 3.80. The molecule has 0 radical (unpaired) electrons. The topological polar surface area (TPSA) is 116 Å². The molecular formula is C19H20N4O5S. The number of hydrogen-bond acceptors (Lipinski definition) is 7. The van der Waals surface area contributed by atoms with Gasteiger partial charge in [-0.2, -0.15) is 0 Å². The predicted molar refractivity (Wildman–Crippen MR) is 110 cm³/mol. The number of hydrogen-bond donors (Lipinski definition) is 1. The van der Waals surface area contributed by atoms with Gasteiger partial charge in [-0.15, -0.1) is 0 Å². The quantitative estimate of drug-likeness (QED) is 0.476. The average molecular weight is 416 g/mol. The number of carboxylic acid groups (broad SMARTS) is 1. The highest BCUT2D eigenvalue weighted by Gasteiger charge is 2.23. The molecule has 0 saturated heterocycles. The molecule has 3 aromatic rings. The monoisotopic (exact) mass is 416 g/mol. The van der Waals surface area contributed by atoms with E-state index in [9.17, 15) is 19.5 Å². The van der Waals surface area contributed by atoms with Crippen molar-refractivity contribution in [1.82, 2.24) is 19.1 Å². The highest BCUT2D eigenvalue weighted by molar-refractivity contribution is 8.00. The molecule has 3 rings (SSSR count). The molecule has 0 unspecified atom stereocenters. The van der Waals surface area contributed by atoms with Crippen LogP contribution in [-0.2, 0) is 18.9 Å². The minimum atomic E-state index is -1.00. The van der Waals surface area contributed by atoms with E-state index in [1.54, 1.807) is 38.3 Å². The molecule has 1 atom stereocenters. The van der Waals surface area contributed by atoms with Crippen molar-refractivity contribution in [2.45, 2.75) is 23.6 Å². The summed E-state index contributed by atoms with van der Waals surface area (Å²) in [4.78, 5) is 45.6. The summed E-state index contributed by atoms with van der Waals surface area (Å²) < 4.78 is 7.38. The zero-order valence-electron chi connectivity index (χ0n) is 16.4. The first-order valence-electron chi connectivity index (χ1n) is 8.80. The van der Waals surface area contributed by atoms with Gasteiger partial charge in [-0.05, 0) is 30.7 Å². The van der Waals surface area contributed by atoms with Crippen molar-refractivity contribution < 1.29 is 14.6 Å². The van der Waals surface area contributed by atoms with Gasteiger partial charge in [0.05, 0.1) is 7.11 Å². The molecule has 0 saturated carbocycles. The maximum Gasteiger partial charge on any atom is 0.332 e. The predicted octanol–water partition coefficient (Wildman–Crippen LogP) is 1.66. The summed E-state index contributed by atoms with van der Waals surface area (Å²) in [7, 11) is 4.43. The van der Waals surface area contributed by atoms with Crippen LogP contribution in [-0.4, -0.2) is 42.5 Å². The number of carbonyl (C=O) groups is 1. The van der Waals surface area contributed by atoms with Crippen LogP contribution in [0.25, 0.3) is 22.4 Å². The minimum Gasteiger partial charge on any atom is -0.497 e. The molecule has 1 N–H and O–H groups in total. The average Bonchev–Trinajstić information content (AvgIpc) is 2.73. The summed E-state index contributed by atoms with van der Waals surface area (Å²) in [6.07, 6.45) is 0.343. The van der Waals surface area contributed by atoms with Crippen molar-refractivity contribution in [2.24, 2.45) is 14.1 Å². The third-order valence-corrected chi connectivity index (χ3v) is 5.85. The third-order valence-electron chi connectivity index (χ3n) is 4.52. The van der Waals surface area contributed by atoms with Crippen LogP contribution in [0, 0.1) is 0 Å². The fourth-order valence-electron chi connectivity index (χ4n) is 2.83. The van der Waals surface area contributed by atoms with Crippen LogP contribution in [0.4, 0.5) is 0 Å². The molecule has 0 fully saturated rings. The number of nitrogens with zero attached hydrogens (tertiary/aromatic N) is 4. The van der Waals surface area contributed by atoms with Crippen molar-refractivity contribution in [3.63, 3.8) is 0 Å². The lowest BCUT2D eigenvalue weighted by molar-refractivity contribution is -0.136. The minimum absolute atomic E-state index is 0.122. The SMILES string of the molecule is CC[C@H](Sc1nc(-c2ccc(OC)cc2)nc2c1c(=O)n(C)c(=O)n2C)C(=O)O. The largest absolute Gasteiger partial charge is 0.497 e. The summed E-state index contributed by atoms with van der Waals surface area (Å²) in [5, 5.41) is 9.01. The Bertz CT molecular complexity index is 1200. The van der Waals surface area contributed by atoms with E-state index in [1.165, 1.54) is 18.7 Å². The zero-order chi connectivity index (χ0) is 21.3. The highest BCUT2D eigenvalue weighted by Crippen LogP contribution is 2.30. The van der Waals surface area contributed by atoms with E-state index in [0.29, 0.717) is 17.7 Å². The van der Waals surface area contributed by atoms with E-state index in [0.717, 1.165) is 16.3 Å². The Kier molecular flexibility index (Phi) is 5.73. The molecule has 0 aliphatic heterocycles. The smallest absolute Gasteiger partial charge is 0.332 e. The fraction of sp³-hybridized carbons (Fsp3) is 0.316. The first kappa shape index (κ1) is 20.6. The van der Waals surface area contributed by atoms with Gasteiger partial charge in [-0.3, -0.25) is 18.7 Å². The first-order valence-corrected chi connectivity index (χ1v) is 9.68. The number of carboxylic acids is 1. The molecule has 2 aromatic heterocycles. The van der Waals surface area contributed by atoms with Crippen molar-refractivity contribution in [3.8, 4) is 17.1 Å². The Morgan fingerprint density at radius 1 is 1.17 bits per heavy atom. The van der Waals surface area contributed by atoms with Gasteiger partial charge in [0.15, 0.2) is 11.5 Å². The number of rotatable bonds is 6. The number of thioether (sulfide) groups is 1. The summed E-state index contributed by atoms with van der Waals surface area (Å²) in [5.74, 6) is -0.0645. The zero-order valence-corrected chi connectivity index (χ0v) is 17.2. The van der Waals surface area contributed by atoms with Crippen LogP contribution in [0.15, 0.2) is 38.9 Å². The van der Waals surface area contributed by atoms with E-state index < -0.39 is 22.5 Å². The van der Waals surface area contributed by atoms with Crippen molar-refractivity contribution >= 4 is 28.8 Å². The molecule has 0 aliphatic rings. The molecular weight excluding hydrogens is 396 g/mol. The lowest BCUT2D eigenvalue weighted by Gasteiger charge is -2.14. The molecule has 0 amide bonds. The molecule has 0 spiro atoms. The summed E-state index contributed by atoms with van der Waals surface area (Å²) in [6.45, 7) is 1.74. The molecule has 9 nitrogen and oxygen atoms in total. The number of aromatic nitrogens is 4. The summed E-state index contributed by atoms with van der Waals surface area (Å²) in [5.41, 5.74) is -0.289. The van der Waals surface area contributed by atoms with E-state index >= 15 is 0 Å². The molecule has 2 heterocycles. The Morgan fingerprint density at radius 2 is 1.83 bits per heavy atom. The van der Waals surface area contributed by atoms with E-state index in [1.807, 2.05) is 0 Å². The number of aryl methyl sites for hydroxylation is 1. The van der Waals surface area contributed by atoms with Gasteiger partial charge in [0, 0.05) is 19.7 Å². The lowest BCUT2D eigenvalue weighted by atomic mass is 10.2. The normalized spacial score (nSPS) is 12.1. The van der Waals surface area contributed by atoms with Crippen LogP contribution in [0.3, 0.4) is 0 Å². The van der Waals surface area contributed by atoms with Crippen LogP contribution < -0.4 is 16.0 Å². The van der Waals surface area contributed by atoms with Gasteiger partial charge in [0.2, 0.25) is 0 Å². The molecule has 10 heteroatoms. The third kappa shape index (κ3) is 3.75. The van der Waals surface area contributed by atoms with Crippen LogP contribution in [0.5, 0.6) is 5.75 Å². The van der Waals surface area contributed by atoms with Gasteiger partial charge in [-0.1, -0.05) is 18.7 Å². The summed E-state index contributed by atoms with van der Waals surface area (Å²) >= 11 is 0.976. The van der Waals surface area contributed by atoms with E-state index in [-0.39, 0.29) is 21.9 Å². The molecule has 0 bridgehead atoms. The van der Waals surface area contributed by atoms with Crippen molar-refractivity contribution in [2.75, 3.05) is 7.11 Å². The molecule has 0 aliphatic carbocycles. The lowest BCUT2D eigenvalue weighted by Crippen LogP contribution is -2.37. The van der Waals surface area contributed by atoms with Gasteiger partial charge >= 0.3 is 11.7 Å². The first-order chi connectivity index (χ1) is 13.8. The van der Waals surface area contributed by atoms with Crippen LogP contribution in [0.2, 0.25) is 0 Å². The van der Waals surface area contributed by atoms with Crippen LogP contribution >= 0.6 is 11.8 Å². The number of aliphatic carboxylic acids is 1. The Balaban J connectivity index is 2.33. The maximum atomic E-state index is 12.8. The second kappa shape index (κ2) is 8.08. The standard InChI is InChI=1S/C19H20N4O5S/c1-5-12(18(25)26)29-16-13-15(22(2)19(27)23(3)17(13)24)20-14(21-16)10-6-8-11(28-4)9-7-10/h6-9,12H,5H2,1-4H3,(H,25,26)/t12-/m0/s1. The van der Waals surface area contributed by atoms with Gasteiger partial charge in [0.25, 0.3) is 5.56 Å². The van der Waals surface area contributed by atoms with Gasteiger partial charge < -0.3 is 9.84 Å². The number of methoxy groups -OCH3 is 1. The molecule has 1 aromatic carbocycles. The summed E-state index contributed by atoms with van der Waals surface area (Å²) in [6, 6.07) is 6.99. The number of benzene rings is 1. The Hall–Kier alpha value is -3.14. The second-order valence-electron chi connectivity index (χ2n) is 6.34. The van der Waals surface area contributed by atoms with Crippen LogP contribution in [0.1, 0.15) is 13.3 Å². The Morgan fingerprint density at radius 3 is 2.38 bits per heavy atom. The number of fused-ring (bicyclic) bond motifs is 1. The van der Waals surface area contributed by atoms with Gasteiger partial charge in [-0.25, -0.2) is 14.8 Å². The van der Waals surface area contributed by atoms with E-state index in [2.05, 4.69) is 9.97 Å². The van der Waals surface area contributed by atoms with E-state index in [4.69, 9.17) is 4.74 Å². The second-order valence-corrected chi connectivity index (χ2v) is 7.53. The number of ether oxygens (including phenoxy) is 1. The molecule has 152 valence electrons. The Labute approximate surface area is 170 Å². The van der Waals surface area contributed by atoms with Crippen molar-refractivity contribution in [3.05, 3.63) is 45.1 Å². The molecule has 29 heavy (non-hydrogen) atoms. The maximum absolute atomic E-state index is 12.8. The highest BCUT2D eigenvalue weighted by atomic mass is 32.2. The van der Waals surface area contributed by atoms with Crippen molar-refractivity contribution in [1.29, 1.82) is 0 Å². The van der Waals surface area contributed by atoms with Gasteiger partial charge in [0.1, 0.15) is 21.4 Å².